The maximum Gasteiger partial charge on any atom is 0.270 e. The molecule has 0 aliphatic carbocycles. The Bertz CT molecular complexity index is 1040. The molecule has 5 nitrogen and oxygen atoms in total. The maximum atomic E-state index is 13.8. The lowest BCUT2D eigenvalue weighted by Gasteiger charge is -2.15. The summed E-state index contributed by atoms with van der Waals surface area (Å²) >= 11 is 0. The third-order valence-corrected chi connectivity index (χ3v) is 6.14. The van der Waals surface area contributed by atoms with Gasteiger partial charge in [0.15, 0.2) is 0 Å². The van der Waals surface area contributed by atoms with Gasteiger partial charge in [0.05, 0.1) is 6.21 Å². The first-order valence-corrected chi connectivity index (χ1v) is 12.7. The number of benzene rings is 2. The van der Waals surface area contributed by atoms with Crippen molar-refractivity contribution in [3.8, 4) is 5.75 Å². The molecule has 2 N–H and O–H groups in total. The van der Waals surface area contributed by atoms with E-state index in [1.54, 1.807) is 26.5 Å². The van der Waals surface area contributed by atoms with Gasteiger partial charge in [-0.3, -0.25) is 0 Å². The van der Waals surface area contributed by atoms with Crippen molar-refractivity contribution in [2.75, 3.05) is 32.2 Å². The Morgan fingerprint density at radius 3 is 2.53 bits per heavy atom. The highest BCUT2D eigenvalue weighted by molar-refractivity contribution is 7.70. The zero-order chi connectivity index (χ0) is 23.9. The van der Waals surface area contributed by atoms with Crippen LogP contribution in [0.5, 0.6) is 5.75 Å². The fraction of sp³-hybridized carbons (Fsp3) is 0.348. The fourth-order valence-electron chi connectivity index (χ4n) is 2.90. The number of ether oxygens (including phenoxy) is 1. The topological polar surface area (TPSA) is 62.7 Å². The predicted molar refractivity (Wildman–Crippen MR) is 126 cm³/mol. The molecule has 32 heavy (non-hydrogen) atoms. The first-order chi connectivity index (χ1) is 14.9. The minimum absolute atomic E-state index is 0.0597. The Morgan fingerprint density at radius 1 is 1.22 bits per heavy atom. The van der Waals surface area contributed by atoms with Gasteiger partial charge in [0.2, 0.25) is 0 Å². The summed E-state index contributed by atoms with van der Waals surface area (Å²) in [7, 11) is -0.763. The van der Waals surface area contributed by atoms with Gasteiger partial charge in [-0.25, -0.2) is 13.2 Å². The van der Waals surface area contributed by atoms with Gasteiger partial charge in [-0.1, -0.05) is 6.92 Å². The van der Waals surface area contributed by atoms with Gasteiger partial charge in [0.1, 0.15) is 24.5 Å². The Kier molecular flexibility index (Phi) is 8.56. The van der Waals surface area contributed by atoms with E-state index in [-0.39, 0.29) is 11.5 Å². The zero-order valence-corrected chi connectivity index (χ0v) is 19.8. The molecule has 9 heteroatoms. The van der Waals surface area contributed by atoms with Gasteiger partial charge >= 0.3 is 0 Å². The van der Waals surface area contributed by atoms with E-state index >= 15 is 0 Å². The van der Waals surface area contributed by atoms with Gasteiger partial charge in [0.25, 0.3) is 5.92 Å². The lowest BCUT2D eigenvalue weighted by molar-refractivity contribution is 0.0169. The lowest BCUT2D eigenvalue weighted by atomic mass is 10.1. The van der Waals surface area contributed by atoms with Crippen molar-refractivity contribution in [1.82, 2.24) is 5.43 Å². The van der Waals surface area contributed by atoms with Crippen LogP contribution in [0.3, 0.4) is 0 Å². The first-order valence-electron chi connectivity index (χ1n) is 10.1. The van der Waals surface area contributed by atoms with Crippen LogP contribution in [0.15, 0.2) is 53.3 Å². The quantitative estimate of drug-likeness (QED) is 0.215. The Labute approximate surface area is 187 Å². The number of nitrogens with one attached hydrogen (secondary N) is 2. The molecular formula is C23H29F3N3O2P. The molecule has 0 radical (unpaired) electrons. The number of alkyl halides is 2. The summed E-state index contributed by atoms with van der Waals surface area (Å²) in [5.41, 5.74) is 4.00. The summed E-state index contributed by atoms with van der Waals surface area (Å²) in [5.74, 6) is -3.84. The van der Waals surface area contributed by atoms with Gasteiger partial charge in [0, 0.05) is 43.1 Å². The molecule has 2 aromatic carbocycles. The number of nitrogens with zero attached hydrogens (tertiary/aromatic N) is 1. The second-order valence-corrected chi connectivity index (χ2v) is 10.9. The van der Waals surface area contributed by atoms with Crippen LogP contribution >= 0.6 is 7.14 Å². The SMILES string of the molecule is CCc1cc(P(C)(C)=O)ccc1NC/C=C(\C=N/NC)Oc1cc(F)cc(C(C)(F)F)c1. The predicted octanol–water partition coefficient (Wildman–Crippen LogP) is 5.33. The summed E-state index contributed by atoms with van der Waals surface area (Å²) in [6.07, 6.45) is 3.78. The normalized spacial score (nSPS) is 12.8. The van der Waals surface area contributed by atoms with E-state index < -0.39 is 24.4 Å². The summed E-state index contributed by atoms with van der Waals surface area (Å²) < 4.78 is 59.0. The number of allylic oxidation sites excluding steroid dienone is 1. The summed E-state index contributed by atoms with van der Waals surface area (Å²) in [6.45, 7) is 6.50. The van der Waals surface area contributed by atoms with Crippen molar-refractivity contribution < 1.29 is 22.5 Å². The average molecular weight is 467 g/mol. The van der Waals surface area contributed by atoms with Crippen LogP contribution in [-0.4, -0.2) is 33.1 Å². The average Bonchev–Trinajstić information content (AvgIpc) is 2.70. The summed E-state index contributed by atoms with van der Waals surface area (Å²) in [6, 6.07) is 8.56. The molecule has 2 rings (SSSR count). The lowest BCUT2D eigenvalue weighted by Crippen LogP contribution is -2.10. The zero-order valence-electron chi connectivity index (χ0n) is 18.9. The number of rotatable bonds is 10. The van der Waals surface area contributed by atoms with Crippen LogP contribution in [0.1, 0.15) is 25.0 Å². The van der Waals surface area contributed by atoms with Gasteiger partial charge in [-0.15, -0.1) is 0 Å². The molecule has 0 fully saturated rings. The third kappa shape index (κ3) is 7.45. The highest BCUT2D eigenvalue weighted by Gasteiger charge is 2.25. The standard InChI is InChI=1S/C23H29F3N3O2P/c1-6-16-11-21(32(4,5)30)7-8-22(16)28-10-9-19(15-29-27-3)31-20-13-17(23(2,25)26)12-18(24)14-20/h7-9,11-15,27-28H,6,10H2,1-5H3/b19-9+,29-15-. The molecule has 0 aromatic heterocycles. The van der Waals surface area contributed by atoms with E-state index in [0.29, 0.717) is 13.5 Å². The molecule has 0 aliphatic rings. The minimum Gasteiger partial charge on any atom is -0.456 e. The molecule has 0 saturated carbocycles. The van der Waals surface area contributed by atoms with Crippen LogP contribution in [0, 0.1) is 5.82 Å². The Hall–Kier alpha value is -2.73. The third-order valence-electron chi connectivity index (χ3n) is 4.62. The van der Waals surface area contributed by atoms with E-state index in [4.69, 9.17) is 4.74 Å². The number of aryl methyl sites for hydroxylation is 1. The van der Waals surface area contributed by atoms with Gasteiger partial charge in [-0.2, -0.15) is 5.10 Å². The smallest absolute Gasteiger partial charge is 0.270 e. The number of halogens is 3. The second-order valence-electron chi connectivity index (χ2n) is 7.68. The maximum absolute atomic E-state index is 13.8. The fourth-order valence-corrected chi connectivity index (χ4v) is 3.80. The molecule has 0 unspecified atom stereocenters. The van der Waals surface area contributed by atoms with E-state index in [0.717, 1.165) is 41.2 Å². The van der Waals surface area contributed by atoms with Crippen LogP contribution < -0.4 is 20.8 Å². The Balaban J connectivity index is 2.23. The van der Waals surface area contributed by atoms with Gasteiger partial charge < -0.3 is 20.0 Å². The van der Waals surface area contributed by atoms with Crippen molar-refractivity contribution in [2.45, 2.75) is 26.2 Å². The van der Waals surface area contributed by atoms with Crippen molar-refractivity contribution >= 4 is 24.3 Å². The molecule has 0 amide bonds. The molecule has 0 bridgehead atoms. The molecule has 0 spiro atoms. The van der Waals surface area contributed by atoms with Crippen LogP contribution in [-0.2, 0) is 16.9 Å². The second kappa shape index (κ2) is 10.7. The van der Waals surface area contributed by atoms with E-state index in [1.807, 2.05) is 25.1 Å². The highest BCUT2D eigenvalue weighted by Crippen LogP contribution is 2.35. The molecule has 0 aliphatic heterocycles. The number of hydrogen-bond donors (Lipinski definition) is 2. The molecule has 0 heterocycles. The van der Waals surface area contributed by atoms with Crippen molar-refractivity contribution in [1.29, 1.82) is 0 Å². The molecule has 2 aromatic rings. The van der Waals surface area contributed by atoms with Crippen LogP contribution in [0.25, 0.3) is 0 Å². The first kappa shape index (κ1) is 25.5. The highest BCUT2D eigenvalue weighted by atomic mass is 31.2. The van der Waals surface area contributed by atoms with E-state index in [9.17, 15) is 17.7 Å². The number of anilines is 1. The molecule has 174 valence electrons. The van der Waals surface area contributed by atoms with E-state index in [2.05, 4.69) is 15.8 Å². The molecule has 0 saturated heterocycles. The van der Waals surface area contributed by atoms with Crippen molar-refractivity contribution in [2.24, 2.45) is 5.10 Å². The van der Waals surface area contributed by atoms with Crippen molar-refractivity contribution in [3.05, 3.63) is 65.2 Å². The van der Waals surface area contributed by atoms with Crippen LogP contribution in [0.2, 0.25) is 0 Å². The minimum atomic E-state index is -3.20. The van der Waals surface area contributed by atoms with Crippen LogP contribution in [0.4, 0.5) is 18.9 Å². The molecular weight excluding hydrogens is 438 g/mol. The molecule has 0 atom stereocenters. The largest absolute Gasteiger partial charge is 0.456 e. The van der Waals surface area contributed by atoms with Gasteiger partial charge in [-0.05, 0) is 61.7 Å². The summed E-state index contributed by atoms with van der Waals surface area (Å²) in [4.78, 5) is 0. The van der Waals surface area contributed by atoms with Crippen molar-refractivity contribution in [3.63, 3.8) is 0 Å². The monoisotopic (exact) mass is 467 g/mol. The number of hydrogen-bond acceptors (Lipinski definition) is 5. The number of hydrazone groups is 1. The Morgan fingerprint density at radius 2 is 1.94 bits per heavy atom. The van der Waals surface area contributed by atoms with E-state index in [1.165, 1.54) is 6.21 Å². The summed E-state index contributed by atoms with van der Waals surface area (Å²) in [5, 5.41) is 7.97.